The van der Waals surface area contributed by atoms with Gasteiger partial charge in [-0.05, 0) is 26.0 Å². The number of benzene rings is 1. The Morgan fingerprint density at radius 1 is 1.33 bits per heavy atom. The molecule has 27 heavy (non-hydrogen) atoms. The van der Waals surface area contributed by atoms with Gasteiger partial charge in [-0.25, -0.2) is 4.98 Å². The van der Waals surface area contributed by atoms with E-state index in [4.69, 9.17) is 9.26 Å². The number of hydrogen-bond donors (Lipinski definition) is 1. The van der Waals surface area contributed by atoms with Crippen LogP contribution in [0.5, 0.6) is 5.75 Å². The van der Waals surface area contributed by atoms with Gasteiger partial charge in [0.15, 0.2) is 10.8 Å². The average molecular weight is 383 g/mol. The lowest BCUT2D eigenvalue weighted by molar-refractivity contribution is 0.0927. The van der Waals surface area contributed by atoms with E-state index in [2.05, 4.69) is 20.4 Å². The van der Waals surface area contributed by atoms with Crippen LogP contribution in [0.3, 0.4) is 0 Å². The van der Waals surface area contributed by atoms with Crippen LogP contribution < -0.4 is 10.1 Å². The van der Waals surface area contributed by atoms with Crippen LogP contribution in [-0.4, -0.2) is 32.5 Å². The number of imidazole rings is 1. The van der Waals surface area contributed by atoms with Crippen LogP contribution in [0.25, 0.3) is 16.2 Å². The van der Waals surface area contributed by atoms with E-state index in [0.717, 1.165) is 22.0 Å². The molecule has 4 aromatic rings. The van der Waals surface area contributed by atoms with Gasteiger partial charge in [0.1, 0.15) is 17.5 Å². The monoisotopic (exact) mass is 383 g/mol. The second kappa shape index (κ2) is 6.84. The first-order valence-electron chi connectivity index (χ1n) is 8.28. The van der Waals surface area contributed by atoms with Gasteiger partial charge < -0.3 is 14.6 Å². The molecule has 0 bridgehead atoms. The van der Waals surface area contributed by atoms with Crippen molar-refractivity contribution in [3.05, 3.63) is 53.3 Å². The topological polar surface area (TPSA) is 94.6 Å². The Bertz CT molecular complexity index is 1110. The van der Waals surface area contributed by atoms with E-state index in [-0.39, 0.29) is 5.91 Å². The second-order valence-electron chi connectivity index (χ2n) is 5.97. The second-order valence-corrected chi connectivity index (χ2v) is 6.81. The number of amides is 1. The largest absolute Gasteiger partial charge is 0.496 e. The van der Waals surface area contributed by atoms with Gasteiger partial charge in [-0.3, -0.25) is 9.20 Å². The lowest BCUT2D eigenvalue weighted by Gasteiger charge is -2.08. The van der Waals surface area contributed by atoms with Gasteiger partial charge >= 0.3 is 0 Å². The fourth-order valence-corrected chi connectivity index (χ4v) is 3.61. The third-order valence-corrected chi connectivity index (χ3v) is 4.93. The molecule has 1 aromatic carbocycles. The summed E-state index contributed by atoms with van der Waals surface area (Å²) in [5.41, 5.74) is 2.11. The lowest BCUT2D eigenvalue weighted by Crippen LogP contribution is -2.27. The van der Waals surface area contributed by atoms with Gasteiger partial charge in [-0.2, -0.15) is 4.98 Å². The summed E-state index contributed by atoms with van der Waals surface area (Å²) in [4.78, 5) is 22.2. The molecule has 0 saturated heterocycles. The minimum Gasteiger partial charge on any atom is -0.496 e. The molecule has 1 unspecified atom stereocenters. The van der Waals surface area contributed by atoms with Crippen LogP contribution in [0, 0.1) is 6.92 Å². The highest BCUT2D eigenvalue weighted by atomic mass is 32.1. The van der Waals surface area contributed by atoms with Crippen LogP contribution in [0.1, 0.15) is 35.2 Å². The van der Waals surface area contributed by atoms with E-state index in [1.807, 2.05) is 30.5 Å². The molecule has 9 heteroatoms. The molecule has 0 aliphatic heterocycles. The van der Waals surface area contributed by atoms with Crippen molar-refractivity contribution in [2.45, 2.75) is 19.9 Å². The first-order chi connectivity index (χ1) is 13.1. The number of nitrogens with one attached hydrogen (secondary N) is 1. The molecular formula is C18H17N5O3S. The smallest absolute Gasteiger partial charge is 0.269 e. The van der Waals surface area contributed by atoms with Gasteiger partial charge in [0.2, 0.25) is 5.89 Å². The number of fused-ring (bicyclic) bond motifs is 1. The highest BCUT2D eigenvalue weighted by molar-refractivity contribution is 7.15. The number of carbonyl (C=O) groups excluding carboxylic acids is 1. The SMILES string of the molecule is COc1ccccc1-c1cn2c(C(=O)NC(C)c3nc(C)no3)csc2n1. The normalized spacial score (nSPS) is 12.3. The van der Waals surface area contributed by atoms with Crippen molar-refractivity contribution in [2.75, 3.05) is 7.11 Å². The molecule has 0 radical (unpaired) electrons. The van der Waals surface area contributed by atoms with Crippen molar-refractivity contribution in [3.8, 4) is 17.0 Å². The van der Waals surface area contributed by atoms with Crippen LogP contribution in [0.4, 0.5) is 0 Å². The number of methoxy groups -OCH3 is 1. The third-order valence-electron chi connectivity index (χ3n) is 4.09. The Hall–Kier alpha value is -3.20. The van der Waals surface area contributed by atoms with E-state index in [1.54, 1.807) is 30.7 Å². The Balaban J connectivity index is 1.63. The standard InChI is InChI=1S/C18H17N5O3S/c1-10(17-20-11(2)22-26-17)19-16(24)14-9-27-18-21-13(8-23(14)18)12-6-4-5-7-15(12)25-3/h4-10H,1-3H3,(H,19,24). The predicted octanol–water partition coefficient (Wildman–Crippen LogP) is 3.25. The van der Waals surface area contributed by atoms with Gasteiger partial charge in [-0.15, -0.1) is 11.3 Å². The summed E-state index contributed by atoms with van der Waals surface area (Å²) in [6, 6.07) is 7.24. The minimum absolute atomic E-state index is 0.242. The maximum atomic E-state index is 12.7. The number of para-hydroxylation sites is 1. The molecule has 4 rings (SSSR count). The number of hydrogen-bond acceptors (Lipinski definition) is 7. The quantitative estimate of drug-likeness (QED) is 0.568. The first-order valence-corrected chi connectivity index (χ1v) is 9.16. The van der Waals surface area contributed by atoms with E-state index in [1.165, 1.54) is 11.3 Å². The van der Waals surface area contributed by atoms with E-state index in [0.29, 0.717) is 17.4 Å². The number of aryl methyl sites for hydroxylation is 1. The molecule has 0 saturated carbocycles. The molecule has 1 atom stereocenters. The lowest BCUT2D eigenvalue weighted by atomic mass is 10.1. The van der Waals surface area contributed by atoms with Crippen molar-refractivity contribution >= 4 is 22.2 Å². The summed E-state index contributed by atoms with van der Waals surface area (Å²) in [6.45, 7) is 3.53. The molecule has 8 nitrogen and oxygen atoms in total. The van der Waals surface area contributed by atoms with Crippen LogP contribution >= 0.6 is 11.3 Å². The summed E-state index contributed by atoms with van der Waals surface area (Å²) in [6.07, 6.45) is 1.83. The van der Waals surface area contributed by atoms with Crippen molar-refractivity contribution in [2.24, 2.45) is 0 Å². The van der Waals surface area contributed by atoms with E-state index >= 15 is 0 Å². The fourth-order valence-electron chi connectivity index (χ4n) is 2.75. The summed E-state index contributed by atoms with van der Waals surface area (Å²) >= 11 is 1.40. The molecule has 1 N–H and O–H groups in total. The number of ether oxygens (including phenoxy) is 1. The number of thiazole rings is 1. The Labute approximate surface area is 158 Å². The van der Waals surface area contributed by atoms with Gasteiger partial charge in [0.25, 0.3) is 5.91 Å². The van der Waals surface area contributed by atoms with Crippen LogP contribution in [0.15, 0.2) is 40.4 Å². The van der Waals surface area contributed by atoms with Gasteiger partial charge in [0, 0.05) is 17.1 Å². The molecule has 1 amide bonds. The Kier molecular flexibility index (Phi) is 4.36. The third kappa shape index (κ3) is 3.17. The summed E-state index contributed by atoms with van der Waals surface area (Å²) < 4.78 is 12.3. The highest BCUT2D eigenvalue weighted by Gasteiger charge is 2.20. The molecule has 3 aromatic heterocycles. The van der Waals surface area contributed by atoms with Crippen molar-refractivity contribution in [1.82, 2.24) is 24.8 Å². The van der Waals surface area contributed by atoms with E-state index in [9.17, 15) is 4.79 Å². The zero-order valence-electron chi connectivity index (χ0n) is 15.0. The van der Waals surface area contributed by atoms with Gasteiger partial charge in [0.05, 0.1) is 12.8 Å². The minimum atomic E-state index is -0.397. The van der Waals surface area contributed by atoms with Crippen molar-refractivity contribution < 1.29 is 14.1 Å². The zero-order valence-corrected chi connectivity index (χ0v) is 15.8. The maximum Gasteiger partial charge on any atom is 0.269 e. The Morgan fingerprint density at radius 2 is 2.15 bits per heavy atom. The van der Waals surface area contributed by atoms with Crippen LogP contribution in [0.2, 0.25) is 0 Å². The first kappa shape index (κ1) is 17.2. The average Bonchev–Trinajstić information content (AvgIpc) is 3.36. The Morgan fingerprint density at radius 3 is 2.89 bits per heavy atom. The molecule has 0 aliphatic rings. The van der Waals surface area contributed by atoms with Crippen LogP contribution in [-0.2, 0) is 0 Å². The summed E-state index contributed by atoms with van der Waals surface area (Å²) in [5.74, 6) is 1.39. The fraction of sp³-hybridized carbons (Fsp3) is 0.222. The molecule has 3 heterocycles. The molecule has 0 aliphatic carbocycles. The number of carbonyl (C=O) groups is 1. The summed E-state index contributed by atoms with van der Waals surface area (Å²) in [5, 5.41) is 8.40. The molecule has 138 valence electrons. The van der Waals surface area contributed by atoms with Gasteiger partial charge in [-0.1, -0.05) is 17.3 Å². The van der Waals surface area contributed by atoms with Crippen molar-refractivity contribution in [3.63, 3.8) is 0 Å². The maximum absolute atomic E-state index is 12.7. The molecular weight excluding hydrogens is 366 g/mol. The zero-order chi connectivity index (χ0) is 19.0. The number of nitrogens with zero attached hydrogens (tertiary/aromatic N) is 4. The molecule has 0 fully saturated rings. The van der Waals surface area contributed by atoms with E-state index < -0.39 is 6.04 Å². The predicted molar refractivity (Wildman–Crippen MR) is 100.0 cm³/mol. The summed E-state index contributed by atoms with van der Waals surface area (Å²) in [7, 11) is 1.62. The van der Waals surface area contributed by atoms with Crippen molar-refractivity contribution in [1.29, 1.82) is 0 Å². The number of rotatable bonds is 5. The molecule has 0 spiro atoms. The number of aromatic nitrogens is 4. The highest BCUT2D eigenvalue weighted by Crippen LogP contribution is 2.30.